The van der Waals surface area contributed by atoms with E-state index in [-0.39, 0.29) is 5.50 Å². The predicted molar refractivity (Wildman–Crippen MR) is 67.7 cm³/mol. The lowest BCUT2D eigenvalue weighted by molar-refractivity contribution is 0.0542. The lowest BCUT2D eigenvalue weighted by atomic mass is 9.24. The highest BCUT2D eigenvalue weighted by atomic mass is 16.5. The molecule has 0 saturated heterocycles. The predicted octanol–water partition coefficient (Wildman–Crippen LogP) is 1.09. The van der Waals surface area contributed by atoms with Crippen LogP contribution in [0.4, 0.5) is 0 Å². The minimum atomic E-state index is 0.0145. The van der Waals surface area contributed by atoms with E-state index in [4.69, 9.17) is 10.5 Å². The summed E-state index contributed by atoms with van der Waals surface area (Å²) < 4.78 is 5.67. The molecule has 0 aromatic carbocycles. The quantitative estimate of drug-likeness (QED) is 0.620. The average molecular weight is 197 g/mol. The summed E-state index contributed by atoms with van der Waals surface area (Å²) in [6.07, 6.45) is 1.09. The molecule has 14 heavy (non-hydrogen) atoms. The topological polar surface area (TPSA) is 35.2 Å². The minimum absolute atomic E-state index is 0.0145. The Labute approximate surface area is 90.4 Å². The Balaban J connectivity index is 3.90. The molecule has 0 rings (SSSR count). The summed E-state index contributed by atoms with van der Waals surface area (Å²) in [5, 5.41) is 0.350. The molecule has 0 aliphatic carbocycles. The van der Waals surface area contributed by atoms with Crippen molar-refractivity contribution in [2.24, 2.45) is 5.73 Å². The summed E-state index contributed by atoms with van der Waals surface area (Å²) in [5.41, 5.74) is 5.60. The first-order valence-corrected chi connectivity index (χ1v) is 5.67. The monoisotopic (exact) mass is 197 g/mol. The molecule has 0 aliphatic rings. The third kappa shape index (κ3) is 6.50. The molecule has 2 N–H and O–H groups in total. The minimum Gasteiger partial charge on any atom is -0.385 e. The first kappa shape index (κ1) is 14.0. The number of hydrogen-bond acceptors (Lipinski definition) is 2. The molecular formula is C10H25B2NO. The van der Waals surface area contributed by atoms with Gasteiger partial charge in [-0.3, -0.25) is 0 Å². The van der Waals surface area contributed by atoms with Crippen molar-refractivity contribution >= 4 is 14.3 Å². The lowest BCUT2D eigenvalue weighted by Gasteiger charge is -2.29. The number of rotatable bonds is 7. The van der Waals surface area contributed by atoms with Crippen molar-refractivity contribution in [3.63, 3.8) is 0 Å². The molecular weight excluding hydrogens is 172 g/mol. The average Bonchev–Trinajstić information content (AvgIpc) is 2.01. The van der Waals surface area contributed by atoms with Crippen LogP contribution in [0.5, 0.6) is 0 Å². The fourth-order valence-electron chi connectivity index (χ4n) is 1.62. The number of hydrogen-bond donors (Lipinski definition) is 1. The molecule has 0 bridgehead atoms. The van der Waals surface area contributed by atoms with Crippen LogP contribution in [0.25, 0.3) is 0 Å². The standard InChI is InChI=1S/C10H25B2NO/c1-6-14-10(4,5)12-11-9(2,3)7-8-13/h11-12H,6-8,13H2,1-5H3. The normalized spacial score (nSPS) is 12.7. The van der Waals surface area contributed by atoms with Gasteiger partial charge in [-0.15, -0.1) is 0 Å². The van der Waals surface area contributed by atoms with Gasteiger partial charge < -0.3 is 10.5 Å². The summed E-state index contributed by atoms with van der Waals surface area (Å²) in [4.78, 5) is 0. The molecule has 0 amide bonds. The van der Waals surface area contributed by atoms with Crippen LogP contribution in [-0.2, 0) is 4.74 Å². The van der Waals surface area contributed by atoms with E-state index >= 15 is 0 Å². The van der Waals surface area contributed by atoms with Gasteiger partial charge in [0.15, 0.2) is 0 Å². The molecule has 82 valence electrons. The van der Waals surface area contributed by atoms with Crippen LogP contribution >= 0.6 is 0 Å². The van der Waals surface area contributed by atoms with Gasteiger partial charge >= 0.3 is 0 Å². The molecule has 0 heterocycles. The second kappa shape index (κ2) is 5.82. The van der Waals surface area contributed by atoms with Gasteiger partial charge in [-0.05, 0) is 33.7 Å². The van der Waals surface area contributed by atoms with E-state index in [0.29, 0.717) is 5.31 Å². The van der Waals surface area contributed by atoms with E-state index in [9.17, 15) is 0 Å². The van der Waals surface area contributed by atoms with Gasteiger partial charge in [0.1, 0.15) is 7.17 Å². The first-order chi connectivity index (χ1) is 6.33. The van der Waals surface area contributed by atoms with Crippen molar-refractivity contribution < 1.29 is 4.74 Å². The van der Waals surface area contributed by atoms with Crippen LogP contribution in [0.3, 0.4) is 0 Å². The third-order valence-corrected chi connectivity index (χ3v) is 2.76. The summed E-state index contributed by atoms with van der Waals surface area (Å²) in [6, 6.07) is 0. The van der Waals surface area contributed by atoms with Crippen LogP contribution in [-0.4, -0.2) is 33.0 Å². The highest BCUT2D eigenvalue weighted by Gasteiger charge is 2.26. The smallest absolute Gasteiger partial charge is 0.127 e. The van der Waals surface area contributed by atoms with E-state index in [2.05, 4.69) is 27.7 Å². The van der Waals surface area contributed by atoms with Gasteiger partial charge in [-0.25, -0.2) is 0 Å². The molecule has 0 radical (unpaired) electrons. The molecule has 0 saturated carbocycles. The number of nitrogens with two attached hydrogens (primary N) is 1. The van der Waals surface area contributed by atoms with Gasteiger partial charge in [-0.2, -0.15) is 0 Å². The summed E-state index contributed by atoms with van der Waals surface area (Å²) in [7, 11) is 2.28. The van der Waals surface area contributed by atoms with Gasteiger partial charge in [-0.1, -0.05) is 19.2 Å². The Bertz CT molecular complexity index is 142. The second-order valence-corrected chi connectivity index (χ2v) is 5.40. The van der Waals surface area contributed by atoms with Crippen molar-refractivity contribution in [3.05, 3.63) is 0 Å². The zero-order chi connectivity index (χ0) is 11.2. The van der Waals surface area contributed by atoms with Crippen LogP contribution < -0.4 is 5.73 Å². The Morgan fingerprint density at radius 1 is 1.14 bits per heavy atom. The van der Waals surface area contributed by atoms with Crippen LogP contribution in [0.2, 0.25) is 5.31 Å². The fraction of sp³-hybridized carbons (Fsp3) is 1.00. The molecule has 0 atom stereocenters. The van der Waals surface area contributed by atoms with Crippen LogP contribution in [0, 0.1) is 0 Å². The Hall–Kier alpha value is 0.0499. The molecule has 0 aromatic rings. The van der Waals surface area contributed by atoms with E-state index in [1.807, 2.05) is 6.92 Å². The van der Waals surface area contributed by atoms with Crippen molar-refractivity contribution in [3.8, 4) is 0 Å². The molecule has 0 unspecified atom stereocenters. The maximum atomic E-state index is 5.67. The summed E-state index contributed by atoms with van der Waals surface area (Å²) in [6.45, 7) is 12.5. The zero-order valence-electron chi connectivity index (χ0n) is 10.5. The molecule has 0 fully saturated rings. The molecule has 0 aliphatic heterocycles. The van der Waals surface area contributed by atoms with E-state index in [1.165, 1.54) is 7.17 Å². The molecule has 2 nitrogen and oxygen atoms in total. The SMILES string of the molecule is CCOC(C)(C)BBC(C)(C)CCN. The highest BCUT2D eigenvalue weighted by molar-refractivity contribution is 7.03. The number of ether oxygens (including phenoxy) is 1. The van der Waals surface area contributed by atoms with Crippen molar-refractivity contribution in [1.82, 2.24) is 0 Å². The van der Waals surface area contributed by atoms with Crippen molar-refractivity contribution in [2.75, 3.05) is 13.2 Å². The van der Waals surface area contributed by atoms with Crippen LogP contribution in [0.15, 0.2) is 0 Å². The Morgan fingerprint density at radius 2 is 1.71 bits per heavy atom. The van der Waals surface area contributed by atoms with E-state index in [1.54, 1.807) is 0 Å². The van der Waals surface area contributed by atoms with Gasteiger partial charge in [0, 0.05) is 12.1 Å². The van der Waals surface area contributed by atoms with Crippen molar-refractivity contribution in [1.29, 1.82) is 0 Å². The van der Waals surface area contributed by atoms with E-state index < -0.39 is 0 Å². The van der Waals surface area contributed by atoms with E-state index in [0.717, 1.165) is 26.7 Å². The molecule has 0 aromatic heterocycles. The zero-order valence-corrected chi connectivity index (χ0v) is 10.5. The maximum absolute atomic E-state index is 5.67. The maximum Gasteiger partial charge on any atom is 0.127 e. The van der Waals surface area contributed by atoms with Crippen molar-refractivity contribution in [2.45, 2.75) is 51.9 Å². The largest absolute Gasteiger partial charge is 0.385 e. The molecule has 4 heteroatoms. The highest BCUT2D eigenvalue weighted by Crippen LogP contribution is 2.27. The van der Waals surface area contributed by atoms with Gasteiger partial charge in [0.2, 0.25) is 0 Å². The summed E-state index contributed by atoms with van der Waals surface area (Å²) >= 11 is 0. The molecule has 0 spiro atoms. The van der Waals surface area contributed by atoms with Gasteiger partial charge in [0.05, 0.1) is 7.17 Å². The van der Waals surface area contributed by atoms with Gasteiger partial charge in [0.25, 0.3) is 0 Å². The summed E-state index contributed by atoms with van der Waals surface area (Å²) in [5.74, 6) is 0. The Kier molecular flexibility index (Phi) is 5.84. The van der Waals surface area contributed by atoms with Crippen LogP contribution in [0.1, 0.15) is 41.0 Å². The second-order valence-electron chi connectivity index (χ2n) is 5.40. The third-order valence-electron chi connectivity index (χ3n) is 2.76. The Morgan fingerprint density at radius 3 is 2.14 bits per heavy atom. The first-order valence-electron chi connectivity index (χ1n) is 5.67. The fourth-order valence-corrected chi connectivity index (χ4v) is 1.62. The lowest BCUT2D eigenvalue weighted by Crippen LogP contribution is -2.39.